The molecule has 0 atom stereocenters. The van der Waals surface area contributed by atoms with Crippen molar-refractivity contribution >= 4 is 52.6 Å². The molecular weight excluding hydrogens is 563 g/mol. The van der Waals surface area contributed by atoms with Crippen LogP contribution in [0.4, 0.5) is 5.69 Å². The van der Waals surface area contributed by atoms with E-state index in [9.17, 15) is 4.79 Å². The Labute approximate surface area is 222 Å². The molecule has 34 heavy (non-hydrogen) atoms. The van der Waals surface area contributed by atoms with Crippen LogP contribution in [0, 0.1) is 0 Å². The van der Waals surface area contributed by atoms with Crippen molar-refractivity contribution in [1.82, 2.24) is 4.90 Å². The Bertz CT molecular complexity index is 1040. The highest BCUT2D eigenvalue weighted by Crippen LogP contribution is 2.25. The molecule has 0 heterocycles. The number of carbonyl (C=O) groups excluding carboxylic acids is 1. The Morgan fingerprint density at radius 3 is 1.76 bits per heavy atom. The Hall–Kier alpha value is -2.72. The summed E-state index contributed by atoms with van der Waals surface area (Å²) in [4.78, 5) is 19.3. The number of esters is 1. The summed E-state index contributed by atoms with van der Waals surface area (Å²) < 4.78 is 15.5. The third-order valence-electron chi connectivity index (χ3n) is 5.04. The van der Waals surface area contributed by atoms with Crippen molar-refractivity contribution in [1.29, 1.82) is 0 Å². The number of hydrogen-bond donors (Lipinski definition) is 0. The van der Waals surface area contributed by atoms with Gasteiger partial charge in [-0.05, 0) is 53.8 Å². The molecule has 0 fully saturated rings. The first-order valence-electron chi connectivity index (χ1n) is 10.4. The Kier molecular flexibility index (Phi) is 11.2. The van der Waals surface area contributed by atoms with Gasteiger partial charge >= 0.3 is 5.97 Å². The number of hydrogen-bond acceptors (Lipinski definition) is 6. The van der Waals surface area contributed by atoms with Crippen molar-refractivity contribution in [2.24, 2.45) is 4.99 Å². The van der Waals surface area contributed by atoms with Crippen molar-refractivity contribution in [3.8, 4) is 11.5 Å². The number of carbonyl (C=O) groups is 1. The van der Waals surface area contributed by atoms with E-state index in [1.165, 1.54) is 18.9 Å². The Morgan fingerprint density at radius 1 is 0.824 bits per heavy atom. The molecule has 6 nitrogen and oxygen atoms in total. The highest BCUT2D eigenvalue weighted by Gasteiger charge is 2.16. The van der Waals surface area contributed by atoms with Crippen molar-refractivity contribution < 1.29 is 19.0 Å². The topological polar surface area (TPSA) is 60.4 Å². The molecule has 0 radical (unpaired) electrons. The van der Waals surface area contributed by atoms with Crippen LogP contribution in [0.5, 0.6) is 11.5 Å². The van der Waals surface area contributed by atoms with Gasteiger partial charge in [-0.3, -0.25) is 0 Å². The molecule has 0 saturated carbocycles. The fourth-order valence-corrected chi connectivity index (χ4v) is 3.87. The van der Waals surface area contributed by atoms with Crippen LogP contribution in [0.3, 0.4) is 0 Å². The number of methoxy groups -OCH3 is 3. The summed E-state index contributed by atoms with van der Waals surface area (Å²) in [6.45, 7) is 1.27. The van der Waals surface area contributed by atoms with E-state index < -0.39 is 5.97 Å². The molecule has 0 aliphatic rings. The van der Waals surface area contributed by atoms with Crippen LogP contribution in [0.1, 0.15) is 21.5 Å². The molecular formula is C26H29IN2O4S. The highest BCUT2D eigenvalue weighted by atomic mass is 127. The average molecular weight is 592 g/mol. The second kappa shape index (κ2) is 13.9. The van der Waals surface area contributed by atoms with Gasteiger partial charge in [0.15, 0.2) is 5.17 Å². The van der Waals surface area contributed by atoms with E-state index in [2.05, 4.69) is 4.90 Å². The zero-order valence-corrected chi connectivity index (χ0v) is 22.8. The SMILES string of the molecule is COC(=O)c1ccccc1N=C(SC)N(Cc1ccc(OC)cc1)Cc1ccc(OC)cc1.I. The van der Waals surface area contributed by atoms with E-state index in [1.807, 2.05) is 66.9 Å². The van der Waals surface area contributed by atoms with Gasteiger partial charge in [-0.15, -0.1) is 24.0 Å². The Morgan fingerprint density at radius 2 is 1.32 bits per heavy atom. The minimum atomic E-state index is -0.410. The number of aliphatic imine (C=N–C) groups is 1. The van der Waals surface area contributed by atoms with Crippen LogP contribution in [0.2, 0.25) is 0 Å². The minimum Gasteiger partial charge on any atom is -0.497 e. The van der Waals surface area contributed by atoms with Crippen molar-refractivity contribution in [2.45, 2.75) is 13.1 Å². The van der Waals surface area contributed by atoms with Gasteiger partial charge in [-0.1, -0.05) is 48.2 Å². The monoisotopic (exact) mass is 592 g/mol. The van der Waals surface area contributed by atoms with Crippen LogP contribution in [0.25, 0.3) is 0 Å². The second-order valence-corrected chi connectivity index (χ2v) is 7.93. The van der Waals surface area contributed by atoms with E-state index in [-0.39, 0.29) is 24.0 Å². The highest BCUT2D eigenvalue weighted by molar-refractivity contribution is 14.0. The molecule has 3 aromatic carbocycles. The van der Waals surface area contributed by atoms with Crippen LogP contribution in [0.15, 0.2) is 77.8 Å². The molecule has 0 saturated heterocycles. The number of benzene rings is 3. The van der Waals surface area contributed by atoms with Gasteiger partial charge in [-0.2, -0.15) is 0 Å². The molecule has 0 spiro atoms. The van der Waals surface area contributed by atoms with Gasteiger partial charge in [-0.25, -0.2) is 9.79 Å². The van der Waals surface area contributed by atoms with Crippen LogP contribution >= 0.6 is 35.7 Å². The molecule has 3 rings (SSSR count). The largest absolute Gasteiger partial charge is 0.497 e. The molecule has 0 bridgehead atoms. The van der Waals surface area contributed by atoms with Gasteiger partial charge < -0.3 is 19.1 Å². The third kappa shape index (κ3) is 7.39. The van der Waals surface area contributed by atoms with Gasteiger partial charge in [0, 0.05) is 13.1 Å². The maximum absolute atomic E-state index is 12.2. The number of amidine groups is 1. The molecule has 3 aromatic rings. The first kappa shape index (κ1) is 27.5. The summed E-state index contributed by atoms with van der Waals surface area (Å²) in [7, 11) is 4.68. The standard InChI is InChI=1S/C26H28N2O4S.HI/c1-30-21-13-9-19(10-14-21)17-28(18-20-11-15-22(31-2)16-12-20)26(33-4)27-24-8-6-5-7-23(24)25(29)32-3;/h5-16H,17-18H2,1-4H3;1H. The summed E-state index contributed by atoms with van der Waals surface area (Å²) in [6, 6.07) is 23.2. The molecule has 0 N–H and O–H groups in total. The number of nitrogens with zero attached hydrogens (tertiary/aromatic N) is 2. The molecule has 8 heteroatoms. The first-order chi connectivity index (χ1) is 16.1. The number of thioether (sulfide) groups is 1. The lowest BCUT2D eigenvalue weighted by Gasteiger charge is -2.26. The summed E-state index contributed by atoms with van der Waals surface area (Å²) in [5.74, 6) is 1.21. The number of rotatable bonds is 8. The van der Waals surface area contributed by atoms with E-state index in [4.69, 9.17) is 19.2 Å². The molecule has 0 amide bonds. The molecule has 0 aromatic heterocycles. The van der Waals surface area contributed by atoms with Gasteiger partial charge in [0.2, 0.25) is 0 Å². The molecule has 0 aliphatic carbocycles. The zero-order valence-electron chi connectivity index (χ0n) is 19.7. The smallest absolute Gasteiger partial charge is 0.340 e. The lowest BCUT2D eigenvalue weighted by Crippen LogP contribution is -2.28. The maximum atomic E-state index is 12.2. The predicted molar refractivity (Wildman–Crippen MR) is 149 cm³/mol. The van der Waals surface area contributed by atoms with Crippen LogP contribution in [-0.4, -0.2) is 43.6 Å². The fraction of sp³-hybridized carbons (Fsp3) is 0.231. The predicted octanol–water partition coefficient (Wildman–Crippen LogP) is 6.16. The summed E-state index contributed by atoms with van der Waals surface area (Å²) in [5, 5.41) is 0.790. The third-order valence-corrected chi connectivity index (χ3v) is 5.76. The number of halogens is 1. The van der Waals surface area contributed by atoms with E-state index in [0.717, 1.165) is 27.8 Å². The van der Waals surface area contributed by atoms with Crippen LogP contribution in [-0.2, 0) is 17.8 Å². The summed E-state index contributed by atoms with van der Waals surface area (Å²) in [5.41, 5.74) is 3.24. The number of para-hydroxylation sites is 1. The van der Waals surface area contributed by atoms with E-state index >= 15 is 0 Å². The summed E-state index contributed by atoms with van der Waals surface area (Å²) >= 11 is 1.53. The lowest BCUT2D eigenvalue weighted by atomic mass is 10.1. The normalized spacial score (nSPS) is 10.8. The van der Waals surface area contributed by atoms with Crippen molar-refractivity contribution in [2.75, 3.05) is 27.6 Å². The van der Waals surface area contributed by atoms with Gasteiger partial charge in [0.25, 0.3) is 0 Å². The molecule has 0 aliphatic heterocycles. The second-order valence-electron chi connectivity index (χ2n) is 7.16. The minimum absolute atomic E-state index is 0. The molecule has 0 unspecified atom stereocenters. The van der Waals surface area contributed by atoms with Gasteiger partial charge in [0.1, 0.15) is 11.5 Å². The van der Waals surface area contributed by atoms with Crippen LogP contribution < -0.4 is 9.47 Å². The zero-order chi connectivity index (χ0) is 23.6. The van der Waals surface area contributed by atoms with E-state index in [0.29, 0.717) is 24.3 Å². The Balaban J connectivity index is 0.00000408. The average Bonchev–Trinajstić information content (AvgIpc) is 2.87. The quantitative estimate of drug-likeness (QED) is 0.135. The van der Waals surface area contributed by atoms with Gasteiger partial charge in [0.05, 0.1) is 32.6 Å². The first-order valence-corrected chi connectivity index (χ1v) is 11.6. The maximum Gasteiger partial charge on any atom is 0.340 e. The molecule has 180 valence electrons. The van der Waals surface area contributed by atoms with Crippen molar-refractivity contribution in [3.63, 3.8) is 0 Å². The van der Waals surface area contributed by atoms with E-state index in [1.54, 1.807) is 26.4 Å². The number of ether oxygens (including phenoxy) is 3. The van der Waals surface area contributed by atoms with Crippen molar-refractivity contribution in [3.05, 3.63) is 89.5 Å². The lowest BCUT2D eigenvalue weighted by molar-refractivity contribution is 0.0601. The fourth-order valence-electron chi connectivity index (χ4n) is 3.30. The summed E-state index contributed by atoms with van der Waals surface area (Å²) in [6.07, 6.45) is 1.98.